The molecule has 0 bridgehead atoms. The number of ether oxygens (including phenoxy) is 1. The van der Waals surface area contributed by atoms with Crippen molar-refractivity contribution < 1.29 is 9.15 Å². The predicted octanol–water partition coefficient (Wildman–Crippen LogP) is 3.50. The number of aryl methyl sites for hydroxylation is 1. The molecular weight excluding hydrogens is 272 g/mol. The highest BCUT2D eigenvalue weighted by atomic mass is 32.1. The molecule has 0 atom stereocenters. The van der Waals surface area contributed by atoms with Crippen LogP contribution in [-0.4, -0.2) is 12.1 Å². The second-order valence-electron chi connectivity index (χ2n) is 4.56. The third kappa shape index (κ3) is 2.69. The van der Waals surface area contributed by atoms with Crippen molar-refractivity contribution in [2.75, 3.05) is 7.11 Å². The lowest BCUT2D eigenvalue weighted by molar-refractivity contribution is 0.406. The first-order valence-corrected chi connectivity index (χ1v) is 7.25. The van der Waals surface area contributed by atoms with Gasteiger partial charge in [0.25, 0.3) is 0 Å². The molecule has 3 aromatic rings. The number of nitrogens with zero attached hydrogens (tertiary/aromatic N) is 1. The summed E-state index contributed by atoms with van der Waals surface area (Å²) in [4.78, 5) is 5.55. The van der Waals surface area contributed by atoms with Gasteiger partial charge >= 0.3 is 0 Å². The zero-order valence-electron chi connectivity index (χ0n) is 11.5. The Morgan fingerprint density at radius 2 is 2.25 bits per heavy atom. The third-order valence-corrected chi connectivity index (χ3v) is 3.94. The molecule has 1 aromatic carbocycles. The van der Waals surface area contributed by atoms with Crippen molar-refractivity contribution in [3.8, 4) is 5.75 Å². The Balaban J connectivity index is 1.68. The van der Waals surface area contributed by atoms with E-state index in [0.717, 1.165) is 34.0 Å². The Bertz CT molecular complexity index is 718. The summed E-state index contributed by atoms with van der Waals surface area (Å²) < 4.78 is 11.1. The number of para-hydroxylation sites is 1. The van der Waals surface area contributed by atoms with Gasteiger partial charge in [-0.1, -0.05) is 12.1 Å². The lowest BCUT2D eigenvalue weighted by Crippen LogP contribution is -2.11. The molecule has 0 amide bonds. The van der Waals surface area contributed by atoms with E-state index in [1.807, 2.05) is 30.5 Å². The number of hydrogen-bond donors (Lipinski definition) is 1. The van der Waals surface area contributed by atoms with Gasteiger partial charge < -0.3 is 14.5 Å². The molecule has 1 N–H and O–H groups in total. The minimum absolute atomic E-state index is 0.677. The van der Waals surface area contributed by atoms with Crippen LogP contribution in [0.2, 0.25) is 0 Å². The molecule has 0 aliphatic heterocycles. The minimum atomic E-state index is 0.677. The molecule has 104 valence electrons. The Morgan fingerprint density at radius 3 is 3.00 bits per heavy atom. The summed E-state index contributed by atoms with van der Waals surface area (Å²) in [6.45, 7) is 3.50. The van der Waals surface area contributed by atoms with Crippen molar-refractivity contribution in [3.05, 3.63) is 46.1 Å². The molecular formula is C15H16N2O2S. The predicted molar refractivity (Wildman–Crippen MR) is 80.2 cm³/mol. The zero-order valence-corrected chi connectivity index (χ0v) is 12.3. The lowest BCUT2D eigenvalue weighted by atomic mass is 10.2. The SMILES string of the molecule is COc1cccc2cc(CNCc3ncc(C)s3)oc12. The van der Waals surface area contributed by atoms with E-state index in [0.29, 0.717) is 6.54 Å². The number of hydrogen-bond acceptors (Lipinski definition) is 5. The summed E-state index contributed by atoms with van der Waals surface area (Å²) in [5, 5.41) is 5.50. The highest BCUT2D eigenvalue weighted by Crippen LogP contribution is 2.28. The van der Waals surface area contributed by atoms with Gasteiger partial charge in [0.15, 0.2) is 11.3 Å². The molecule has 0 spiro atoms. The van der Waals surface area contributed by atoms with E-state index in [1.165, 1.54) is 4.88 Å². The first-order valence-electron chi connectivity index (χ1n) is 6.43. The fourth-order valence-electron chi connectivity index (χ4n) is 2.11. The van der Waals surface area contributed by atoms with Gasteiger partial charge in [-0.05, 0) is 19.1 Å². The summed E-state index contributed by atoms with van der Waals surface area (Å²) in [7, 11) is 1.65. The standard InChI is InChI=1S/C15H16N2O2S/c1-10-7-17-14(20-10)9-16-8-12-6-11-4-3-5-13(18-2)15(11)19-12/h3-7,16H,8-9H2,1-2H3. The zero-order chi connectivity index (χ0) is 13.9. The summed E-state index contributed by atoms with van der Waals surface area (Å²) in [5.41, 5.74) is 0.803. The second-order valence-corrected chi connectivity index (χ2v) is 5.88. The van der Waals surface area contributed by atoms with Crippen molar-refractivity contribution >= 4 is 22.3 Å². The van der Waals surface area contributed by atoms with Crippen molar-refractivity contribution in [1.82, 2.24) is 10.3 Å². The Morgan fingerprint density at radius 1 is 1.35 bits per heavy atom. The van der Waals surface area contributed by atoms with Crippen LogP contribution in [0.3, 0.4) is 0 Å². The van der Waals surface area contributed by atoms with Crippen LogP contribution >= 0.6 is 11.3 Å². The van der Waals surface area contributed by atoms with Crippen molar-refractivity contribution in [1.29, 1.82) is 0 Å². The normalized spacial score (nSPS) is 11.1. The number of furan rings is 1. The molecule has 0 aliphatic rings. The summed E-state index contributed by atoms with van der Waals surface area (Å²) in [6, 6.07) is 7.93. The fourth-order valence-corrected chi connectivity index (χ4v) is 2.87. The Kier molecular flexibility index (Phi) is 3.71. The Hall–Kier alpha value is -1.85. The van der Waals surface area contributed by atoms with E-state index in [-0.39, 0.29) is 0 Å². The quantitative estimate of drug-likeness (QED) is 0.780. The molecule has 20 heavy (non-hydrogen) atoms. The first kappa shape index (κ1) is 13.1. The van der Waals surface area contributed by atoms with Gasteiger partial charge in [-0.25, -0.2) is 4.98 Å². The average Bonchev–Trinajstić information content (AvgIpc) is 3.04. The van der Waals surface area contributed by atoms with Gasteiger partial charge in [-0.15, -0.1) is 11.3 Å². The van der Waals surface area contributed by atoms with Gasteiger partial charge in [-0.2, -0.15) is 0 Å². The smallest absolute Gasteiger partial charge is 0.176 e. The number of benzene rings is 1. The average molecular weight is 288 g/mol. The van der Waals surface area contributed by atoms with Gasteiger partial charge in [0.05, 0.1) is 13.7 Å². The monoisotopic (exact) mass is 288 g/mol. The van der Waals surface area contributed by atoms with E-state index in [2.05, 4.69) is 17.2 Å². The molecule has 0 fully saturated rings. The molecule has 0 saturated heterocycles. The second kappa shape index (κ2) is 5.64. The van der Waals surface area contributed by atoms with Crippen LogP contribution in [0.15, 0.2) is 34.9 Å². The van der Waals surface area contributed by atoms with Crippen LogP contribution in [0.25, 0.3) is 11.0 Å². The highest BCUT2D eigenvalue weighted by molar-refractivity contribution is 7.11. The summed E-state index contributed by atoms with van der Waals surface area (Å²) in [5.74, 6) is 1.67. The molecule has 2 heterocycles. The van der Waals surface area contributed by atoms with Crippen LogP contribution in [0.4, 0.5) is 0 Å². The molecule has 5 heteroatoms. The van der Waals surface area contributed by atoms with Gasteiger partial charge in [0, 0.05) is 23.0 Å². The molecule has 0 saturated carbocycles. The van der Waals surface area contributed by atoms with Crippen molar-refractivity contribution in [2.24, 2.45) is 0 Å². The first-order chi connectivity index (χ1) is 9.76. The van der Waals surface area contributed by atoms with E-state index < -0.39 is 0 Å². The topological polar surface area (TPSA) is 47.3 Å². The maximum Gasteiger partial charge on any atom is 0.176 e. The number of rotatable bonds is 5. The van der Waals surface area contributed by atoms with Gasteiger partial charge in [0.1, 0.15) is 10.8 Å². The molecule has 0 aliphatic carbocycles. The molecule has 0 radical (unpaired) electrons. The molecule has 4 nitrogen and oxygen atoms in total. The number of methoxy groups -OCH3 is 1. The largest absolute Gasteiger partial charge is 0.493 e. The van der Waals surface area contributed by atoms with Crippen LogP contribution in [-0.2, 0) is 13.1 Å². The van der Waals surface area contributed by atoms with Crippen LogP contribution < -0.4 is 10.1 Å². The maximum atomic E-state index is 5.83. The maximum absolute atomic E-state index is 5.83. The number of thiazole rings is 1. The van der Waals surface area contributed by atoms with Gasteiger partial charge in [0.2, 0.25) is 0 Å². The van der Waals surface area contributed by atoms with Gasteiger partial charge in [-0.3, -0.25) is 0 Å². The number of aromatic nitrogens is 1. The fraction of sp³-hybridized carbons (Fsp3) is 0.267. The summed E-state index contributed by atoms with van der Waals surface area (Å²) in [6.07, 6.45) is 1.90. The minimum Gasteiger partial charge on any atom is -0.493 e. The molecule has 3 rings (SSSR count). The van der Waals surface area contributed by atoms with Crippen molar-refractivity contribution in [2.45, 2.75) is 20.0 Å². The van der Waals surface area contributed by atoms with E-state index >= 15 is 0 Å². The molecule has 0 unspecified atom stereocenters. The van der Waals surface area contributed by atoms with Crippen LogP contribution in [0.1, 0.15) is 15.6 Å². The van der Waals surface area contributed by atoms with Crippen LogP contribution in [0.5, 0.6) is 5.75 Å². The highest BCUT2D eigenvalue weighted by Gasteiger charge is 2.08. The van der Waals surface area contributed by atoms with Crippen LogP contribution in [0, 0.1) is 6.92 Å². The van der Waals surface area contributed by atoms with E-state index in [4.69, 9.17) is 9.15 Å². The lowest BCUT2D eigenvalue weighted by Gasteiger charge is -2.00. The third-order valence-electron chi connectivity index (χ3n) is 3.02. The summed E-state index contributed by atoms with van der Waals surface area (Å²) >= 11 is 1.71. The Labute approximate surface area is 121 Å². The van der Waals surface area contributed by atoms with E-state index in [9.17, 15) is 0 Å². The van der Waals surface area contributed by atoms with E-state index in [1.54, 1.807) is 18.4 Å². The number of nitrogens with one attached hydrogen (secondary N) is 1. The van der Waals surface area contributed by atoms with Crippen molar-refractivity contribution in [3.63, 3.8) is 0 Å². The molecule has 2 aromatic heterocycles. The number of fused-ring (bicyclic) bond motifs is 1.